The van der Waals surface area contributed by atoms with Gasteiger partial charge in [-0.1, -0.05) is 55.8 Å². The van der Waals surface area contributed by atoms with Gasteiger partial charge in [0.2, 0.25) is 0 Å². The lowest BCUT2D eigenvalue weighted by Gasteiger charge is -2.19. The van der Waals surface area contributed by atoms with Crippen LogP contribution in [0.1, 0.15) is 42.1 Å². The quantitative estimate of drug-likeness (QED) is 0.888. The van der Waals surface area contributed by atoms with Gasteiger partial charge in [-0.05, 0) is 29.2 Å². The lowest BCUT2D eigenvalue weighted by atomic mass is 9.90. The Bertz CT molecular complexity index is 576. The molecule has 3 rings (SSSR count). The Morgan fingerprint density at radius 1 is 1.15 bits per heavy atom. The highest BCUT2D eigenvalue weighted by atomic mass is 32.2. The third kappa shape index (κ3) is 2.63. The standard InChI is InChI=1S/C18H20OS/c1-2-5-13-8-10-14(11-9-13)18(19)16-12-20-17-7-4-3-6-15(16)17/h3-4,6-11,16,18-19H,2,5,12H2,1H3. The van der Waals surface area contributed by atoms with Crippen molar-refractivity contribution in [1.29, 1.82) is 0 Å². The molecule has 1 aliphatic rings. The summed E-state index contributed by atoms with van der Waals surface area (Å²) >= 11 is 1.85. The number of aliphatic hydroxyl groups excluding tert-OH is 1. The van der Waals surface area contributed by atoms with E-state index in [-0.39, 0.29) is 5.92 Å². The van der Waals surface area contributed by atoms with Crippen LogP contribution in [0.15, 0.2) is 53.4 Å². The van der Waals surface area contributed by atoms with Crippen LogP contribution >= 0.6 is 11.8 Å². The van der Waals surface area contributed by atoms with E-state index in [1.165, 1.54) is 16.0 Å². The van der Waals surface area contributed by atoms with Crippen LogP contribution in [0.5, 0.6) is 0 Å². The molecule has 1 N–H and O–H groups in total. The third-order valence-electron chi connectivity index (χ3n) is 3.98. The van der Waals surface area contributed by atoms with E-state index in [1.54, 1.807) is 0 Å². The number of aliphatic hydroxyl groups is 1. The minimum absolute atomic E-state index is 0.216. The number of thioether (sulfide) groups is 1. The summed E-state index contributed by atoms with van der Waals surface area (Å²) in [5.41, 5.74) is 3.68. The summed E-state index contributed by atoms with van der Waals surface area (Å²) < 4.78 is 0. The molecule has 0 spiro atoms. The van der Waals surface area contributed by atoms with Gasteiger partial charge in [0.15, 0.2) is 0 Å². The summed E-state index contributed by atoms with van der Waals surface area (Å²) in [4.78, 5) is 1.32. The van der Waals surface area contributed by atoms with Gasteiger partial charge in [-0.3, -0.25) is 0 Å². The summed E-state index contributed by atoms with van der Waals surface area (Å²) in [6.45, 7) is 2.19. The minimum Gasteiger partial charge on any atom is -0.388 e. The summed E-state index contributed by atoms with van der Waals surface area (Å²) in [7, 11) is 0. The Kier molecular flexibility index (Phi) is 4.13. The average Bonchev–Trinajstić information content (AvgIpc) is 2.92. The van der Waals surface area contributed by atoms with Gasteiger partial charge in [-0.15, -0.1) is 11.8 Å². The van der Waals surface area contributed by atoms with Crippen LogP contribution in [0, 0.1) is 0 Å². The molecule has 2 aromatic carbocycles. The van der Waals surface area contributed by atoms with Crippen LogP contribution in [0.25, 0.3) is 0 Å². The Morgan fingerprint density at radius 3 is 2.65 bits per heavy atom. The molecular weight excluding hydrogens is 264 g/mol. The second-order valence-corrected chi connectivity index (χ2v) is 6.45. The van der Waals surface area contributed by atoms with Gasteiger partial charge in [0.25, 0.3) is 0 Å². The smallest absolute Gasteiger partial charge is 0.0867 e. The van der Waals surface area contributed by atoms with E-state index in [1.807, 2.05) is 11.8 Å². The Morgan fingerprint density at radius 2 is 1.90 bits per heavy atom. The highest BCUT2D eigenvalue weighted by molar-refractivity contribution is 7.99. The van der Waals surface area contributed by atoms with Crippen molar-refractivity contribution in [3.05, 3.63) is 65.2 Å². The summed E-state index contributed by atoms with van der Waals surface area (Å²) in [6, 6.07) is 16.9. The Labute approximate surface area is 125 Å². The zero-order valence-corrected chi connectivity index (χ0v) is 12.6. The molecule has 0 saturated carbocycles. The van der Waals surface area contributed by atoms with Crippen molar-refractivity contribution < 1.29 is 5.11 Å². The zero-order valence-electron chi connectivity index (χ0n) is 11.8. The first-order valence-electron chi connectivity index (χ1n) is 7.28. The largest absolute Gasteiger partial charge is 0.388 e. The Hall–Kier alpha value is -1.25. The molecule has 0 amide bonds. The number of hydrogen-bond acceptors (Lipinski definition) is 2. The fraction of sp³-hybridized carbons (Fsp3) is 0.333. The molecule has 104 valence electrons. The van der Waals surface area contributed by atoms with Gasteiger partial charge in [-0.25, -0.2) is 0 Å². The highest BCUT2D eigenvalue weighted by Crippen LogP contribution is 2.45. The SMILES string of the molecule is CCCc1ccc(C(O)C2CSc3ccccc32)cc1. The van der Waals surface area contributed by atoms with Crippen LogP contribution in [0.2, 0.25) is 0 Å². The molecule has 0 aliphatic carbocycles. The predicted octanol–water partition coefficient (Wildman–Crippen LogP) is 4.56. The molecular formula is C18H20OS. The van der Waals surface area contributed by atoms with Crippen molar-refractivity contribution in [2.45, 2.75) is 36.7 Å². The minimum atomic E-state index is -0.401. The lowest BCUT2D eigenvalue weighted by Crippen LogP contribution is -2.10. The maximum atomic E-state index is 10.7. The zero-order chi connectivity index (χ0) is 13.9. The second-order valence-electron chi connectivity index (χ2n) is 5.39. The van der Waals surface area contributed by atoms with Crippen molar-refractivity contribution in [1.82, 2.24) is 0 Å². The molecule has 1 aliphatic heterocycles. The van der Waals surface area contributed by atoms with Crippen molar-refractivity contribution in [3.8, 4) is 0 Å². The molecule has 2 heteroatoms. The van der Waals surface area contributed by atoms with Crippen molar-refractivity contribution in [2.75, 3.05) is 5.75 Å². The van der Waals surface area contributed by atoms with Crippen LogP contribution < -0.4 is 0 Å². The van der Waals surface area contributed by atoms with Gasteiger partial charge in [0.1, 0.15) is 0 Å². The summed E-state index contributed by atoms with van der Waals surface area (Å²) in [5.74, 6) is 1.19. The normalized spacial score (nSPS) is 18.8. The molecule has 2 unspecified atom stereocenters. The maximum Gasteiger partial charge on any atom is 0.0867 e. The number of hydrogen-bond donors (Lipinski definition) is 1. The van der Waals surface area contributed by atoms with Gasteiger partial charge in [0.05, 0.1) is 6.10 Å². The van der Waals surface area contributed by atoms with Crippen LogP contribution in [0.3, 0.4) is 0 Å². The first-order valence-corrected chi connectivity index (χ1v) is 8.26. The van der Waals surface area contributed by atoms with Crippen LogP contribution in [0.4, 0.5) is 0 Å². The molecule has 1 heterocycles. The lowest BCUT2D eigenvalue weighted by molar-refractivity contribution is 0.154. The second kappa shape index (κ2) is 6.02. The van der Waals surface area contributed by atoms with Crippen molar-refractivity contribution in [3.63, 3.8) is 0 Å². The molecule has 0 saturated heterocycles. The highest BCUT2D eigenvalue weighted by Gasteiger charge is 2.29. The van der Waals surface area contributed by atoms with Crippen LogP contribution in [-0.2, 0) is 6.42 Å². The predicted molar refractivity (Wildman–Crippen MR) is 85.3 cm³/mol. The van der Waals surface area contributed by atoms with Crippen LogP contribution in [-0.4, -0.2) is 10.9 Å². The average molecular weight is 284 g/mol. The summed E-state index contributed by atoms with van der Waals surface area (Å²) in [5, 5.41) is 10.7. The number of aryl methyl sites for hydroxylation is 1. The van der Waals surface area contributed by atoms with E-state index in [0.717, 1.165) is 24.2 Å². The number of rotatable bonds is 4. The first-order chi connectivity index (χ1) is 9.79. The van der Waals surface area contributed by atoms with Gasteiger partial charge >= 0.3 is 0 Å². The van der Waals surface area contributed by atoms with E-state index < -0.39 is 6.10 Å². The van der Waals surface area contributed by atoms with Crippen molar-refractivity contribution in [2.24, 2.45) is 0 Å². The molecule has 20 heavy (non-hydrogen) atoms. The first kappa shape index (κ1) is 13.7. The third-order valence-corrected chi connectivity index (χ3v) is 5.19. The monoisotopic (exact) mass is 284 g/mol. The van der Waals surface area contributed by atoms with Gasteiger partial charge in [-0.2, -0.15) is 0 Å². The molecule has 0 aromatic heterocycles. The molecule has 0 bridgehead atoms. The van der Waals surface area contributed by atoms with E-state index in [0.29, 0.717) is 0 Å². The van der Waals surface area contributed by atoms with Gasteiger partial charge in [0, 0.05) is 16.6 Å². The molecule has 2 atom stereocenters. The molecule has 1 nitrogen and oxygen atoms in total. The van der Waals surface area contributed by atoms with E-state index in [4.69, 9.17) is 0 Å². The topological polar surface area (TPSA) is 20.2 Å². The Balaban J connectivity index is 1.81. The summed E-state index contributed by atoms with van der Waals surface area (Å²) in [6.07, 6.45) is 1.87. The maximum absolute atomic E-state index is 10.7. The number of fused-ring (bicyclic) bond motifs is 1. The van der Waals surface area contributed by atoms with Gasteiger partial charge < -0.3 is 5.11 Å². The fourth-order valence-corrected chi connectivity index (χ4v) is 4.13. The molecule has 2 aromatic rings. The number of benzene rings is 2. The van der Waals surface area contributed by atoms with E-state index in [9.17, 15) is 5.11 Å². The van der Waals surface area contributed by atoms with E-state index >= 15 is 0 Å². The molecule has 0 fully saturated rings. The fourth-order valence-electron chi connectivity index (χ4n) is 2.85. The van der Waals surface area contributed by atoms with Crippen molar-refractivity contribution >= 4 is 11.8 Å². The molecule has 0 radical (unpaired) electrons. The van der Waals surface area contributed by atoms with E-state index in [2.05, 4.69) is 55.5 Å².